The van der Waals surface area contributed by atoms with E-state index in [9.17, 15) is 4.57 Å². The summed E-state index contributed by atoms with van der Waals surface area (Å²) < 4.78 is 21.6. The number of methoxy groups -OCH3 is 1. The molecule has 0 fully saturated rings. The monoisotopic (exact) mass is 493 g/mol. The summed E-state index contributed by atoms with van der Waals surface area (Å²) in [5, 5.41) is 0.00306. The van der Waals surface area contributed by atoms with E-state index in [1.54, 1.807) is 0 Å². The minimum absolute atomic E-state index is 0.00306. The van der Waals surface area contributed by atoms with Gasteiger partial charge in [-0.25, -0.2) is 0 Å². The largest absolute Gasteiger partial charge is 0.497 e. The maximum absolute atomic E-state index is 10.7. The van der Waals surface area contributed by atoms with Gasteiger partial charge in [0.2, 0.25) is 0 Å². The van der Waals surface area contributed by atoms with Crippen LogP contribution in [-0.2, 0) is 17.4 Å². The minimum atomic E-state index is -4.10. The fourth-order valence-electron chi connectivity index (χ4n) is 3.38. The van der Waals surface area contributed by atoms with Crippen LogP contribution in [0.25, 0.3) is 0 Å². The Hall–Kier alpha value is -1.85. The molecule has 192 valence electrons. The van der Waals surface area contributed by atoms with Crippen LogP contribution < -0.4 is 20.5 Å². The normalized spacial score (nSPS) is 12.1. The van der Waals surface area contributed by atoms with Gasteiger partial charge in [-0.15, -0.1) is 0 Å². The van der Waals surface area contributed by atoms with Crippen LogP contribution in [0.15, 0.2) is 42.5 Å². The van der Waals surface area contributed by atoms with E-state index in [1.807, 2.05) is 0 Å². The van der Waals surface area contributed by atoms with Crippen LogP contribution in [0.5, 0.6) is 11.5 Å². The summed E-state index contributed by atoms with van der Waals surface area (Å²) >= 11 is 0. The molecule has 4 N–H and O–H groups in total. The zero-order valence-electron chi connectivity index (χ0n) is 21.9. The van der Waals surface area contributed by atoms with Crippen LogP contribution in [0.3, 0.4) is 0 Å². The van der Waals surface area contributed by atoms with Crippen molar-refractivity contribution in [3.8, 4) is 11.5 Å². The third kappa shape index (κ3) is 12.6. The molecular weight excluding hydrogens is 449 g/mol. The first-order valence-corrected chi connectivity index (χ1v) is 13.4. The maximum Gasteiger partial charge on any atom is 0.356 e. The van der Waals surface area contributed by atoms with Gasteiger partial charge in [0.1, 0.15) is 11.5 Å². The van der Waals surface area contributed by atoms with Gasteiger partial charge < -0.3 is 25.0 Å². The third-order valence-electron chi connectivity index (χ3n) is 4.85. The van der Waals surface area contributed by atoms with Gasteiger partial charge in [-0.3, -0.25) is 4.57 Å². The van der Waals surface area contributed by atoms with Gasteiger partial charge in [-0.05, 0) is 84.5 Å². The lowest BCUT2D eigenvalue weighted by Crippen LogP contribution is -2.13. The Bertz CT molecular complexity index is 908. The van der Waals surface area contributed by atoms with E-state index in [0.29, 0.717) is 11.2 Å². The van der Waals surface area contributed by atoms with Gasteiger partial charge in [-0.1, -0.05) is 53.7 Å². The van der Waals surface area contributed by atoms with E-state index in [-0.39, 0.29) is 10.7 Å². The van der Waals surface area contributed by atoms with Crippen LogP contribution in [0.2, 0.25) is 0 Å². The number of unbranched alkanes of at least 4 members (excludes halogenated alkanes) is 1. The second-order valence-corrected chi connectivity index (χ2v) is 12.6. The van der Waals surface area contributed by atoms with Crippen molar-refractivity contribution in [1.29, 1.82) is 0 Å². The maximum atomic E-state index is 10.7. The molecule has 2 aromatic rings. The molecule has 2 aromatic carbocycles. The second kappa shape index (κ2) is 13.3. The lowest BCUT2D eigenvalue weighted by molar-refractivity contribution is 0.298. The smallest absolute Gasteiger partial charge is 0.356 e. The van der Waals surface area contributed by atoms with Crippen molar-refractivity contribution in [3.05, 3.63) is 53.6 Å². The molecule has 2 rings (SSSR count). The number of nitrogens with two attached hydrogens (primary N) is 1. The lowest BCUT2D eigenvalue weighted by Gasteiger charge is -2.23. The first kappa shape index (κ1) is 30.2. The van der Waals surface area contributed by atoms with Crippen molar-refractivity contribution >= 4 is 12.9 Å². The Morgan fingerprint density at radius 1 is 0.882 bits per heavy atom. The van der Waals surface area contributed by atoms with E-state index in [0.717, 1.165) is 44.6 Å². The predicted molar refractivity (Wildman–Crippen MR) is 141 cm³/mol. The molecule has 0 aliphatic rings. The number of hydrogen-bond acceptors (Lipinski definition) is 4. The average Bonchev–Trinajstić information content (AvgIpc) is 2.71. The van der Waals surface area contributed by atoms with Crippen molar-refractivity contribution in [3.63, 3.8) is 0 Å². The van der Waals surface area contributed by atoms with Crippen LogP contribution in [0.4, 0.5) is 0 Å². The molecule has 0 atom stereocenters. The van der Waals surface area contributed by atoms with Gasteiger partial charge in [0.05, 0.1) is 19.0 Å². The molecule has 0 aliphatic heterocycles. The summed E-state index contributed by atoms with van der Waals surface area (Å²) in [5.41, 5.74) is 8.80. The minimum Gasteiger partial charge on any atom is -0.497 e. The van der Waals surface area contributed by atoms with Gasteiger partial charge in [0, 0.05) is 0 Å². The Morgan fingerprint density at radius 2 is 1.47 bits per heavy atom. The van der Waals surface area contributed by atoms with Crippen molar-refractivity contribution in [2.45, 2.75) is 67.2 Å². The molecule has 6 nitrogen and oxygen atoms in total. The number of ether oxygens (including phenoxy) is 2. The summed E-state index contributed by atoms with van der Waals surface area (Å²) in [5.74, 6) is 1.64. The first-order valence-electron chi connectivity index (χ1n) is 11.8. The highest BCUT2D eigenvalue weighted by Crippen LogP contribution is 2.33. The molecule has 0 spiro atoms. The molecule has 0 aliphatic carbocycles. The first-order chi connectivity index (χ1) is 15.6. The average molecular weight is 494 g/mol. The standard InChI is InChI=1S/C20H35NO.C7H9O4P/c1-19(2,3)14-16-9-10-17(15-20(4,5)6)18(13-16)22-12-8-7-11-21;1-11-6-2-4-7(5-3-6)12(8,9)10/h9-10,13H,7-8,11-12,14-15,21H2,1-6H3;2-5H,1H3,(H2,8,9,10). The Balaban J connectivity index is 0.000000404. The van der Waals surface area contributed by atoms with Crippen LogP contribution in [-0.4, -0.2) is 30.0 Å². The SMILES string of the molecule is CC(C)(C)Cc1ccc(CC(C)(C)C)c(OCCCCN)c1.COc1ccc(P(=O)(O)O)cc1. The molecule has 0 bridgehead atoms. The molecule has 7 heteroatoms. The molecule has 0 unspecified atom stereocenters. The van der Waals surface area contributed by atoms with Crippen molar-refractivity contribution in [2.24, 2.45) is 16.6 Å². The molecule has 34 heavy (non-hydrogen) atoms. The van der Waals surface area contributed by atoms with E-state index >= 15 is 0 Å². The van der Waals surface area contributed by atoms with Gasteiger partial charge in [-0.2, -0.15) is 0 Å². The summed E-state index contributed by atoms with van der Waals surface area (Å²) in [6, 6.07) is 12.5. The van der Waals surface area contributed by atoms with E-state index in [1.165, 1.54) is 42.5 Å². The molecule has 0 amide bonds. The van der Waals surface area contributed by atoms with E-state index in [2.05, 4.69) is 59.7 Å². The van der Waals surface area contributed by atoms with Gasteiger partial charge in [0.25, 0.3) is 0 Å². The number of hydrogen-bond donors (Lipinski definition) is 3. The van der Waals surface area contributed by atoms with Crippen molar-refractivity contribution < 1.29 is 23.8 Å². The van der Waals surface area contributed by atoms with Gasteiger partial charge in [0.15, 0.2) is 0 Å². The van der Waals surface area contributed by atoms with E-state index in [4.69, 9.17) is 25.0 Å². The van der Waals surface area contributed by atoms with Gasteiger partial charge >= 0.3 is 7.60 Å². The van der Waals surface area contributed by atoms with Crippen molar-refractivity contribution in [2.75, 3.05) is 20.3 Å². The summed E-state index contributed by atoms with van der Waals surface area (Å²) in [6.07, 6.45) is 4.15. The Kier molecular flexibility index (Phi) is 11.8. The Labute approximate surface area is 206 Å². The lowest BCUT2D eigenvalue weighted by atomic mass is 9.85. The van der Waals surface area contributed by atoms with Crippen LogP contribution in [0.1, 0.15) is 65.5 Å². The van der Waals surface area contributed by atoms with Crippen molar-refractivity contribution in [1.82, 2.24) is 0 Å². The molecule has 0 saturated carbocycles. The zero-order valence-corrected chi connectivity index (χ0v) is 22.8. The second-order valence-electron chi connectivity index (χ2n) is 11.0. The van der Waals surface area contributed by atoms with Crippen LogP contribution in [0, 0.1) is 10.8 Å². The highest BCUT2D eigenvalue weighted by Gasteiger charge is 2.18. The molecular formula is C27H44NO5P. The zero-order chi connectivity index (χ0) is 26.0. The molecule has 0 saturated heterocycles. The summed E-state index contributed by atoms with van der Waals surface area (Å²) in [6.45, 7) is 15.1. The summed E-state index contributed by atoms with van der Waals surface area (Å²) in [4.78, 5) is 17.4. The molecule has 0 radical (unpaired) electrons. The fourth-order valence-corrected chi connectivity index (χ4v) is 3.92. The van der Waals surface area contributed by atoms with Crippen LogP contribution >= 0.6 is 7.60 Å². The highest BCUT2D eigenvalue weighted by molar-refractivity contribution is 7.60. The quantitative estimate of drug-likeness (QED) is 0.316. The number of rotatable bonds is 9. The highest BCUT2D eigenvalue weighted by atomic mass is 31.2. The summed E-state index contributed by atoms with van der Waals surface area (Å²) in [7, 11) is -2.61. The fraction of sp³-hybridized carbons (Fsp3) is 0.556. The predicted octanol–water partition coefficient (Wildman–Crippen LogP) is 5.48. The number of benzene rings is 2. The Morgan fingerprint density at radius 3 is 1.94 bits per heavy atom. The topological polar surface area (TPSA) is 102 Å². The molecule has 0 heterocycles. The van der Waals surface area contributed by atoms with E-state index < -0.39 is 7.60 Å². The molecule has 0 aromatic heterocycles. The third-order valence-corrected chi connectivity index (χ3v) is 5.82.